The van der Waals surface area contributed by atoms with Crippen molar-refractivity contribution in [2.24, 2.45) is 0 Å². The average Bonchev–Trinajstić information content (AvgIpc) is 3.05. The highest BCUT2D eigenvalue weighted by Crippen LogP contribution is 2.31. The van der Waals surface area contributed by atoms with Crippen molar-refractivity contribution in [3.63, 3.8) is 0 Å². The van der Waals surface area contributed by atoms with Crippen molar-refractivity contribution >= 4 is 23.2 Å². The Morgan fingerprint density at radius 2 is 2.00 bits per heavy atom. The lowest BCUT2D eigenvalue weighted by Crippen LogP contribution is -2.32. The van der Waals surface area contributed by atoms with Crippen molar-refractivity contribution in [3.8, 4) is 6.07 Å². The van der Waals surface area contributed by atoms with Gasteiger partial charge in [-0.1, -0.05) is 6.07 Å². The molecular weight excluding hydrogens is 318 g/mol. The number of rotatable bonds is 4. The molecule has 0 spiro atoms. The van der Waals surface area contributed by atoms with Gasteiger partial charge in [-0.05, 0) is 48.4 Å². The molecule has 2 amide bonds. The third-order valence-corrected chi connectivity index (χ3v) is 4.08. The van der Waals surface area contributed by atoms with E-state index in [1.807, 2.05) is 18.2 Å². The van der Waals surface area contributed by atoms with E-state index in [0.29, 0.717) is 23.4 Å². The number of fused-ring (bicyclic) bond motifs is 1. The Bertz CT molecular complexity index is 853. The summed E-state index contributed by atoms with van der Waals surface area (Å²) in [4.78, 5) is 26.1. The van der Waals surface area contributed by atoms with Gasteiger partial charge in [0.15, 0.2) is 0 Å². The zero-order valence-electron chi connectivity index (χ0n) is 13.8. The number of hydrogen-bond acceptors (Lipinski definition) is 4. The summed E-state index contributed by atoms with van der Waals surface area (Å²) in [5.74, 6) is -0.367. The van der Waals surface area contributed by atoms with E-state index >= 15 is 0 Å². The summed E-state index contributed by atoms with van der Waals surface area (Å²) < 4.78 is 4.92. The number of carbonyl (C=O) groups is 2. The highest BCUT2D eigenvalue weighted by molar-refractivity contribution is 6.05. The number of amides is 2. The third-order valence-electron chi connectivity index (χ3n) is 4.08. The van der Waals surface area contributed by atoms with Crippen molar-refractivity contribution < 1.29 is 14.3 Å². The van der Waals surface area contributed by atoms with Crippen molar-refractivity contribution in [1.29, 1.82) is 5.26 Å². The highest BCUT2D eigenvalue weighted by Gasteiger charge is 2.24. The minimum atomic E-state index is -0.266. The molecule has 0 unspecified atom stereocenters. The Hall–Kier alpha value is -3.17. The van der Waals surface area contributed by atoms with Crippen LogP contribution in [0.2, 0.25) is 0 Å². The lowest BCUT2D eigenvalue weighted by Gasteiger charge is -2.17. The minimum absolute atomic E-state index is 0.0290. The molecule has 6 nitrogen and oxygen atoms in total. The molecule has 0 radical (unpaired) electrons. The first-order valence-electron chi connectivity index (χ1n) is 7.86. The number of carbonyl (C=O) groups excluding carboxylic acids is 2. The molecule has 25 heavy (non-hydrogen) atoms. The van der Waals surface area contributed by atoms with Gasteiger partial charge in [-0.3, -0.25) is 9.59 Å². The number of nitrogens with one attached hydrogen (secondary N) is 1. The summed E-state index contributed by atoms with van der Waals surface area (Å²) in [6.07, 6.45) is 0.786. The normalized spacial score (nSPS) is 12.4. The molecule has 1 heterocycles. The van der Waals surface area contributed by atoms with Crippen LogP contribution in [0.25, 0.3) is 0 Å². The Morgan fingerprint density at radius 1 is 1.24 bits per heavy atom. The molecule has 2 aromatic carbocycles. The predicted molar refractivity (Wildman–Crippen MR) is 93.5 cm³/mol. The number of nitriles is 1. The zero-order valence-corrected chi connectivity index (χ0v) is 13.8. The topological polar surface area (TPSA) is 82.4 Å². The molecule has 2 aromatic rings. The first kappa shape index (κ1) is 16.7. The summed E-state index contributed by atoms with van der Waals surface area (Å²) in [6.45, 7) is 0.645. The molecule has 0 fully saturated rings. The van der Waals surface area contributed by atoms with Crippen molar-refractivity contribution in [3.05, 3.63) is 59.2 Å². The molecule has 1 aliphatic rings. The second kappa shape index (κ2) is 7.16. The molecular formula is C19H17N3O3. The summed E-state index contributed by atoms with van der Waals surface area (Å²) in [5.41, 5.74) is 3.46. The van der Waals surface area contributed by atoms with Gasteiger partial charge in [-0.25, -0.2) is 0 Å². The van der Waals surface area contributed by atoms with Gasteiger partial charge >= 0.3 is 0 Å². The predicted octanol–water partition coefficient (Wildman–Crippen LogP) is 2.35. The van der Waals surface area contributed by atoms with E-state index in [1.54, 1.807) is 35.2 Å². The maximum absolute atomic E-state index is 12.3. The summed E-state index contributed by atoms with van der Waals surface area (Å²) in [7, 11) is 1.49. The lowest BCUT2D eigenvalue weighted by molar-refractivity contribution is -0.122. The number of nitrogens with zero attached hydrogens (tertiary/aromatic N) is 2. The molecule has 6 heteroatoms. The molecule has 1 N–H and O–H groups in total. The fourth-order valence-electron chi connectivity index (χ4n) is 2.82. The fraction of sp³-hybridized carbons (Fsp3) is 0.211. The van der Waals surface area contributed by atoms with Crippen LogP contribution in [0, 0.1) is 11.3 Å². The van der Waals surface area contributed by atoms with Crippen LogP contribution in [0.3, 0.4) is 0 Å². The molecule has 0 aliphatic carbocycles. The maximum Gasteiger partial charge on any atom is 0.255 e. The molecule has 126 valence electrons. The van der Waals surface area contributed by atoms with Crippen LogP contribution in [0.4, 0.5) is 11.4 Å². The van der Waals surface area contributed by atoms with Crippen molar-refractivity contribution in [1.82, 2.24) is 0 Å². The SMILES string of the molecule is COCC(=O)N1CCc2ccc(NC(=O)c3ccc(C#N)cc3)cc21. The van der Waals surface area contributed by atoms with E-state index in [4.69, 9.17) is 10.00 Å². The Kier molecular flexibility index (Phi) is 4.78. The summed E-state index contributed by atoms with van der Waals surface area (Å²) >= 11 is 0. The molecule has 0 saturated heterocycles. The first-order valence-corrected chi connectivity index (χ1v) is 7.86. The lowest BCUT2D eigenvalue weighted by atomic mass is 10.1. The number of benzene rings is 2. The Morgan fingerprint density at radius 3 is 2.68 bits per heavy atom. The monoisotopic (exact) mass is 335 g/mol. The van der Waals surface area contributed by atoms with E-state index in [2.05, 4.69) is 5.32 Å². The molecule has 0 saturated carbocycles. The summed E-state index contributed by atoms with van der Waals surface area (Å²) in [5, 5.41) is 11.6. The van der Waals surface area contributed by atoms with E-state index in [9.17, 15) is 9.59 Å². The molecule has 1 aliphatic heterocycles. The third kappa shape index (κ3) is 3.52. The Balaban J connectivity index is 1.78. The van der Waals surface area contributed by atoms with Gasteiger partial charge in [0.1, 0.15) is 6.61 Å². The van der Waals surface area contributed by atoms with Crippen molar-refractivity contribution in [2.45, 2.75) is 6.42 Å². The van der Waals surface area contributed by atoms with Gasteiger partial charge in [-0.15, -0.1) is 0 Å². The molecule has 0 bridgehead atoms. The van der Waals surface area contributed by atoms with Crippen LogP contribution in [0.1, 0.15) is 21.5 Å². The summed E-state index contributed by atoms with van der Waals surface area (Å²) in [6, 6.07) is 14.0. The highest BCUT2D eigenvalue weighted by atomic mass is 16.5. The van der Waals surface area contributed by atoms with Crippen LogP contribution in [-0.4, -0.2) is 32.1 Å². The number of ether oxygens (including phenoxy) is 1. The molecule has 3 rings (SSSR count). The zero-order chi connectivity index (χ0) is 17.8. The first-order chi connectivity index (χ1) is 12.1. The average molecular weight is 335 g/mol. The quantitative estimate of drug-likeness (QED) is 0.930. The van der Waals surface area contributed by atoms with Crippen LogP contribution < -0.4 is 10.2 Å². The van der Waals surface area contributed by atoms with Gasteiger partial charge < -0.3 is 15.0 Å². The van der Waals surface area contributed by atoms with E-state index in [1.165, 1.54) is 7.11 Å². The maximum atomic E-state index is 12.3. The number of methoxy groups -OCH3 is 1. The van der Waals surface area contributed by atoms with Gasteiger partial charge in [0.2, 0.25) is 0 Å². The standard InChI is InChI=1S/C19H17N3O3/c1-25-12-18(23)22-9-8-14-6-7-16(10-17(14)22)21-19(24)15-4-2-13(11-20)3-5-15/h2-7,10H,8-9,12H2,1H3,(H,21,24). The van der Waals surface area contributed by atoms with Crippen LogP contribution in [-0.2, 0) is 16.0 Å². The number of anilines is 2. The smallest absolute Gasteiger partial charge is 0.255 e. The van der Waals surface area contributed by atoms with Crippen molar-refractivity contribution in [2.75, 3.05) is 30.5 Å². The van der Waals surface area contributed by atoms with Gasteiger partial charge in [0.25, 0.3) is 11.8 Å². The fourth-order valence-corrected chi connectivity index (χ4v) is 2.82. The van der Waals surface area contributed by atoms with Gasteiger partial charge in [0.05, 0.1) is 11.6 Å². The van der Waals surface area contributed by atoms with Gasteiger partial charge in [-0.2, -0.15) is 5.26 Å². The molecule has 0 atom stereocenters. The van der Waals surface area contributed by atoms with E-state index < -0.39 is 0 Å². The van der Waals surface area contributed by atoms with E-state index in [0.717, 1.165) is 17.7 Å². The Labute approximate surface area is 145 Å². The largest absolute Gasteiger partial charge is 0.375 e. The van der Waals surface area contributed by atoms with E-state index in [-0.39, 0.29) is 18.4 Å². The second-order valence-corrected chi connectivity index (χ2v) is 5.72. The second-order valence-electron chi connectivity index (χ2n) is 5.72. The molecule has 0 aromatic heterocycles. The van der Waals surface area contributed by atoms with Crippen LogP contribution in [0.5, 0.6) is 0 Å². The van der Waals surface area contributed by atoms with Crippen LogP contribution in [0.15, 0.2) is 42.5 Å². The van der Waals surface area contributed by atoms with Gasteiger partial charge in [0, 0.05) is 30.6 Å². The number of hydrogen-bond donors (Lipinski definition) is 1. The van der Waals surface area contributed by atoms with Crippen LogP contribution >= 0.6 is 0 Å². The minimum Gasteiger partial charge on any atom is -0.375 e.